The van der Waals surface area contributed by atoms with Crippen molar-refractivity contribution in [2.45, 2.75) is 104 Å². The summed E-state index contributed by atoms with van der Waals surface area (Å²) in [5, 5.41) is 0. The minimum Gasteiger partial charge on any atom is -0.431 e. The number of hydrogen-bond donors (Lipinski definition) is 0. The van der Waals surface area contributed by atoms with Crippen LogP contribution in [0.5, 0.6) is 0 Å². The molecule has 5 heteroatoms. The van der Waals surface area contributed by atoms with E-state index in [9.17, 15) is 9.59 Å². The van der Waals surface area contributed by atoms with Crippen LogP contribution >= 0.6 is 11.6 Å². The number of ketones is 1. The first-order valence-corrected chi connectivity index (χ1v) is 13.1. The Morgan fingerprint density at radius 2 is 1.68 bits per heavy atom. The number of carbonyl (C=O) groups is 2. The standard InChI is InChI=1S/C26H39ClO4/c1-15(28)20-7-5-17-14-22-21-8-6-18-13-19(31-23(29)30-16(2)27)9-10-25(18,4)26(21,22)12-11-24(17,20)3/h16-22H,5-14H2,1-4H3/t16?,17-,18-,19+,20?,21?,22+,24-,25-,26?/m0/s1. The lowest BCUT2D eigenvalue weighted by Crippen LogP contribution is -2.47. The van der Waals surface area contributed by atoms with Gasteiger partial charge >= 0.3 is 6.16 Å². The molecule has 0 N–H and O–H groups in total. The number of ether oxygens (including phenoxy) is 2. The Balaban J connectivity index is 1.33. The molecule has 0 aromatic carbocycles. The van der Waals surface area contributed by atoms with Crippen molar-refractivity contribution in [3.05, 3.63) is 0 Å². The maximum absolute atomic E-state index is 12.4. The highest BCUT2D eigenvalue weighted by Crippen LogP contribution is 2.82. The SMILES string of the molecule is CC(=O)C1CC[C@H]2C[C@@H]3C4CC[C@H]5C[C@H](OC(=O)OC(C)Cl)CC[C@]5(C)C43CC[C@]12C. The first kappa shape index (κ1) is 22.0. The van der Waals surface area contributed by atoms with Crippen LogP contribution in [0.4, 0.5) is 4.79 Å². The largest absolute Gasteiger partial charge is 0.510 e. The van der Waals surface area contributed by atoms with Gasteiger partial charge in [0.25, 0.3) is 0 Å². The van der Waals surface area contributed by atoms with Crippen LogP contribution in [0.3, 0.4) is 0 Å². The summed E-state index contributed by atoms with van der Waals surface area (Å²) in [6.07, 6.45) is 11.2. The van der Waals surface area contributed by atoms with Crippen molar-refractivity contribution in [1.29, 1.82) is 0 Å². The molecule has 10 atom stereocenters. The molecule has 5 rings (SSSR count). The number of carbonyl (C=O) groups excluding carboxylic acids is 2. The maximum atomic E-state index is 12.4. The molecule has 5 aliphatic rings. The van der Waals surface area contributed by atoms with Gasteiger partial charge in [-0.1, -0.05) is 25.4 Å². The number of rotatable bonds is 3. The molecule has 0 bridgehead atoms. The molecule has 5 saturated carbocycles. The van der Waals surface area contributed by atoms with E-state index in [1.807, 2.05) is 6.92 Å². The summed E-state index contributed by atoms with van der Waals surface area (Å²) in [5.41, 5.74) is 0.351. The second-order valence-electron chi connectivity index (χ2n) is 12.0. The lowest BCUT2D eigenvalue weighted by atomic mass is 9.52. The van der Waals surface area contributed by atoms with E-state index in [1.165, 1.54) is 38.5 Å². The fraction of sp³-hybridized carbons (Fsp3) is 0.923. The Hall–Kier alpha value is -0.770. The highest BCUT2D eigenvalue weighted by Gasteiger charge is 2.76. The molecule has 0 radical (unpaired) electrons. The summed E-state index contributed by atoms with van der Waals surface area (Å²) in [4.78, 5) is 24.4. The minimum absolute atomic E-state index is 0.0455. The second kappa shape index (κ2) is 7.37. The van der Waals surface area contributed by atoms with Crippen LogP contribution in [0.15, 0.2) is 0 Å². The number of fused-ring (bicyclic) bond motifs is 3. The van der Waals surface area contributed by atoms with Crippen LogP contribution in [0.1, 0.15) is 91.9 Å². The molecule has 0 heterocycles. The Morgan fingerprint density at radius 3 is 2.39 bits per heavy atom. The first-order valence-electron chi connectivity index (χ1n) is 12.6. The molecule has 5 aliphatic carbocycles. The summed E-state index contributed by atoms with van der Waals surface area (Å²) in [7, 11) is 0. The Bertz CT molecular complexity index is 767. The average Bonchev–Trinajstić information content (AvgIpc) is 3.24. The van der Waals surface area contributed by atoms with Crippen LogP contribution in [0, 0.1) is 45.8 Å². The second-order valence-corrected chi connectivity index (χ2v) is 12.7. The zero-order valence-electron chi connectivity index (χ0n) is 19.6. The molecular weight excluding hydrogens is 412 g/mol. The Morgan fingerprint density at radius 1 is 0.935 bits per heavy atom. The zero-order chi connectivity index (χ0) is 22.2. The summed E-state index contributed by atoms with van der Waals surface area (Å²) in [6, 6.07) is 0. The summed E-state index contributed by atoms with van der Waals surface area (Å²) < 4.78 is 10.6. The zero-order valence-corrected chi connectivity index (χ0v) is 20.4. The van der Waals surface area contributed by atoms with Crippen molar-refractivity contribution in [2.24, 2.45) is 45.8 Å². The third kappa shape index (κ3) is 3.13. The predicted molar refractivity (Wildman–Crippen MR) is 120 cm³/mol. The van der Waals surface area contributed by atoms with Crippen molar-refractivity contribution < 1.29 is 19.1 Å². The molecule has 0 aromatic heterocycles. The van der Waals surface area contributed by atoms with Gasteiger partial charge in [-0.05, 0) is 118 Å². The topological polar surface area (TPSA) is 52.6 Å². The van der Waals surface area contributed by atoms with E-state index in [2.05, 4.69) is 13.8 Å². The van der Waals surface area contributed by atoms with Crippen LogP contribution < -0.4 is 0 Å². The quantitative estimate of drug-likeness (QED) is 0.353. The van der Waals surface area contributed by atoms with Crippen LogP contribution in [0.25, 0.3) is 0 Å². The highest BCUT2D eigenvalue weighted by molar-refractivity contribution is 6.19. The van der Waals surface area contributed by atoms with E-state index in [1.54, 1.807) is 6.92 Å². The Labute approximate surface area is 192 Å². The molecule has 4 unspecified atom stereocenters. The summed E-state index contributed by atoms with van der Waals surface area (Å²) >= 11 is 5.78. The molecule has 0 aromatic rings. The summed E-state index contributed by atoms with van der Waals surface area (Å²) in [5.74, 6) is 3.76. The van der Waals surface area contributed by atoms with Crippen molar-refractivity contribution in [2.75, 3.05) is 0 Å². The molecule has 31 heavy (non-hydrogen) atoms. The predicted octanol–water partition coefficient (Wildman–Crippen LogP) is 6.73. The fourth-order valence-corrected chi connectivity index (χ4v) is 9.74. The molecule has 0 saturated heterocycles. The van der Waals surface area contributed by atoms with Gasteiger partial charge in [-0.2, -0.15) is 0 Å². The molecule has 4 nitrogen and oxygen atoms in total. The van der Waals surface area contributed by atoms with E-state index in [0.29, 0.717) is 22.5 Å². The van der Waals surface area contributed by atoms with E-state index < -0.39 is 11.7 Å². The van der Waals surface area contributed by atoms with Crippen molar-refractivity contribution in [3.63, 3.8) is 0 Å². The van der Waals surface area contributed by atoms with Crippen LogP contribution in [0.2, 0.25) is 0 Å². The van der Waals surface area contributed by atoms with E-state index in [-0.39, 0.29) is 17.4 Å². The monoisotopic (exact) mass is 450 g/mol. The number of hydrogen-bond acceptors (Lipinski definition) is 4. The summed E-state index contributed by atoms with van der Waals surface area (Å²) in [6.45, 7) is 8.45. The lowest BCUT2D eigenvalue weighted by molar-refractivity contribution is -0.124. The van der Waals surface area contributed by atoms with E-state index >= 15 is 0 Å². The lowest BCUT2D eigenvalue weighted by Gasteiger charge is -2.53. The van der Waals surface area contributed by atoms with Crippen molar-refractivity contribution >= 4 is 23.5 Å². The van der Waals surface area contributed by atoms with Gasteiger partial charge in [-0.15, -0.1) is 0 Å². The molecule has 174 valence electrons. The third-order valence-corrected chi connectivity index (χ3v) is 11.3. The van der Waals surface area contributed by atoms with Crippen molar-refractivity contribution in [3.8, 4) is 0 Å². The normalized spacial score (nSPS) is 51.3. The smallest absolute Gasteiger partial charge is 0.431 e. The first-order chi connectivity index (χ1) is 14.6. The third-order valence-electron chi connectivity index (χ3n) is 11.2. The Kier molecular flexibility index (Phi) is 5.24. The van der Waals surface area contributed by atoms with Gasteiger partial charge in [0.15, 0.2) is 5.56 Å². The van der Waals surface area contributed by atoms with Crippen LogP contribution in [-0.4, -0.2) is 23.6 Å². The molecular formula is C26H39ClO4. The molecule has 0 aliphatic heterocycles. The number of Topliss-reactive ketones (excluding diaryl/α,β-unsaturated/α-hetero) is 1. The number of alkyl halides is 1. The van der Waals surface area contributed by atoms with E-state index in [0.717, 1.165) is 43.4 Å². The van der Waals surface area contributed by atoms with Gasteiger partial charge in [0.05, 0.1) is 0 Å². The fourth-order valence-electron chi connectivity index (χ4n) is 9.66. The van der Waals surface area contributed by atoms with Gasteiger partial charge in [0.1, 0.15) is 11.9 Å². The van der Waals surface area contributed by atoms with E-state index in [4.69, 9.17) is 21.1 Å². The van der Waals surface area contributed by atoms with Crippen molar-refractivity contribution in [1.82, 2.24) is 0 Å². The van der Waals surface area contributed by atoms with Gasteiger partial charge < -0.3 is 9.47 Å². The molecule has 5 fully saturated rings. The van der Waals surface area contributed by atoms with Gasteiger partial charge in [0.2, 0.25) is 0 Å². The van der Waals surface area contributed by atoms with Gasteiger partial charge in [-0.3, -0.25) is 4.79 Å². The maximum Gasteiger partial charge on any atom is 0.510 e. The molecule has 1 spiro atoms. The van der Waals surface area contributed by atoms with Crippen LogP contribution in [-0.2, 0) is 14.3 Å². The number of halogens is 1. The minimum atomic E-state index is -0.659. The average molecular weight is 451 g/mol. The van der Waals surface area contributed by atoms with Gasteiger partial charge in [0, 0.05) is 5.92 Å². The highest BCUT2D eigenvalue weighted by atomic mass is 35.5. The molecule has 0 amide bonds. The van der Waals surface area contributed by atoms with Gasteiger partial charge in [-0.25, -0.2) is 4.79 Å².